The topological polar surface area (TPSA) is 96.3 Å². The number of hydrogen-bond acceptors (Lipinski definition) is 4. The number of amides is 3. The third kappa shape index (κ3) is 4.73. The van der Waals surface area contributed by atoms with Gasteiger partial charge in [-0.2, -0.15) is 0 Å². The van der Waals surface area contributed by atoms with Crippen molar-refractivity contribution in [2.45, 2.75) is 50.9 Å². The first-order valence-electron chi connectivity index (χ1n) is 12.1. The Hall–Kier alpha value is -3.65. The molecule has 3 aromatic rings. The lowest BCUT2D eigenvalue weighted by Gasteiger charge is -2.44. The van der Waals surface area contributed by atoms with Gasteiger partial charge in [0, 0.05) is 24.2 Å². The normalized spacial score (nSPS) is 19.1. The number of carbonyl (C=O) groups is 3. The molecule has 2 aliphatic rings. The Labute approximate surface area is 214 Å². The quantitative estimate of drug-likeness (QED) is 0.491. The summed E-state index contributed by atoms with van der Waals surface area (Å²) in [6, 6.07) is 17.1. The van der Waals surface area contributed by atoms with Crippen LogP contribution in [0.2, 0.25) is 5.02 Å². The summed E-state index contributed by atoms with van der Waals surface area (Å²) in [5, 5.41) is 6.52. The van der Waals surface area contributed by atoms with Gasteiger partial charge in [-0.15, -0.1) is 0 Å². The summed E-state index contributed by atoms with van der Waals surface area (Å²) in [6.07, 6.45) is 3.78. The van der Waals surface area contributed by atoms with Gasteiger partial charge in [-0.3, -0.25) is 14.4 Å². The number of aromatic nitrogens is 2. The summed E-state index contributed by atoms with van der Waals surface area (Å²) in [5.74, 6) is -0.958. The van der Waals surface area contributed by atoms with Crippen LogP contribution < -0.4 is 10.6 Å². The number of benzene rings is 2. The Bertz CT molecular complexity index is 1290. The van der Waals surface area contributed by atoms with E-state index in [0.29, 0.717) is 24.5 Å². The summed E-state index contributed by atoms with van der Waals surface area (Å²) < 4.78 is 1.64. The van der Waals surface area contributed by atoms with Crippen LogP contribution in [0.15, 0.2) is 60.9 Å². The van der Waals surface area contributed by atoms with E-state index in [9.17, 15) is 14.4 Å². The van der Waals surface area contributed by atoms with Gasteiger partial charge in [0.15, 0.2) is 5.69 Å². The van der Waals surface area contributed by atoms with Crippen molar-refractivity contribution in [1.29, 1.82) is 0 Å². The molecule has 8 nitrogen and oxygen atoms in total. The zero-order valence-electron chi connectivity index (χ0n) is 20.0. The molecule has 0 unspecified atom stereocenters. The second-order valence-corrected chi connectivity index (χ2v) is 9.99. The minimum absolute atomic E-state index is 0.0190. The number of carbonyl (C=O) groups excluding carboxylic acids is 3. The molecule has 1 saturated carbocycles. The van der Waals surface area contributed by atoms with Crippen LogP contribution in [0.3, 0.4) is 0 Å². The maximum atomic E-state index is 13.7. The number of nitrogens with zero attached hydrogens (tertiary/aromatic N) is 3. The van der Waals surface area contributed by atoms with Crippen LogP contribution in [-0.2, 0) is 24.3 Å². The lowest BCUT2D eigenvalue weighted by atomic mass is 9.93. The second kappa shape index (κ2) is 9.78. The maximum Gasteiger partial charge on any atom is 0.274 e. The molecule has 2 heterocycles. The van der Waals surface area contributed by atoms with Crippen LogP contribution in [0.4, 0.5) is 0 Å². The van der Waals surface area contributed by atoms with Gasteiger partial charge >= 0.3 is 0 Å². The van der Waals surface area contributed by atoms with Crippen molar-refractivity contribution < 1.29 is 14.4 Å². The SMILES string of the molecule is C[C@]1(C(=O)NCc2ccccc2)Cn2cnc(C(=O)NCCc3ccc(Cl)cc3)c2C(=O)N1C1CC1. The predicted octanol–water partition coefficient (Wildman–Crippen LogP) is 3.20. The van der Waals surface area contributed by atoms with E-state index < -0.39 is 11.4 Å². The Morgan fingerprint density at radius 2 is 1.78 bits per heavy atom. The molecule has 0 saturated heterocycles. The fourth-order valence-electron chi connectivity index (χ4n) is 4.75. The number of nitrogens with one attached hydrogen (secondary N) is 2. The van der Waals surface area contributed by atoms with E-state index in [1.54, 1.807) is 16.4 Å². The molecule has 3 amide bonds. The molecule has 186 valence electrons. The van der Waals surface area contributed by atoms with Crippen LogP contribution in [0, 0.1) is 0 Å². The Kier molecular flexibility index (Phi) is 6.53. The average Bonchev–Trinajstić information content (AvgIpc) is 3.61. The molecular formula is C27H28ClN5O3. The summed E-state index contributed by atoms with van der Waals surface area (Å²) >= 11 is 5.93. The highest BCUT2D eigenvalue weighted by molar-refractivity contribution is 6.30. The highest BCUT2D eigenvalue weighted by atomic mass is 35.5. The van der Waals surface area contributed by atoms with Gasteiger partial charge in [0.2, 0.25) is 5.91 Å². The molecule has 1 atom stereocenters. The molecule has 0 radical (unpaired) electrons. The Morgan fingerprint density at radius 1 is 1.06 bits per heavy atom. The minimum atomic E-state index is -1.08. The van der Waals surface area contributed by atoms with E-state index in [4.69, 9.17) is 11.6 Å². The molecule has 36 heavy (non-hydrogen) atoms. The van der Waals surface area contributed by atoms with Gasteiger partial charge in [-0.25, -0.2) is 4.98 Å². The summed E-state index contributed by atoms with van der Waals surface area (Å²) in [5.41, 5.74) is 1.27. The molecule has 2 N–H and O–H groups in total. The fraction of sp³-hybridized carbons (Fsp3) is 0.333. The Balaban J connectivity index is 1.31. The first-order chi connectivity index (χ1) is 17.4. The van der Waals surface area contributed by atoms with E-state index in [1.807, 2.05) is 54.6 Å². The largest absolute Gasteiger partial charge is 0.350 e. The minimum Gasteiger partial charge on any atom is -0.350 e. The second-order valence-electron chi connectivity index (χ2n) is 9.55. The molecule has 9 heteroatoms. The van der Waals surface area contributed by atoms with E-state index in [-0.39, 0.29) is 35.8 Å². The summed E-state index contributed by atoms with van der Waals surface area (Å²) in [6.45, 7) is 2.79. The van der Waals surface area contributed by atoms with Crippen LogP contribution >= 0.6 is 11.6 Å². The van der Waals surface area contributed by atoms with Gasteiger partial charge in [0.25, 0.3) is 11.8 Å². The van der Waals surface area contributed by atoms with Crippen LogP contribution in [-0.4, -0.2) is 50.3 Å². The van der Waals surface area contributed by atoms with Crippen molar-refractivity contribution >= 4 is 29.3 Å². The zero-order chi connectivity index (χ0) is 25.3. The average molecular weight is 506 g/mol. The third-order valence-corrected chi connectivity index (χ3v) is 7.05. The monoisotopic (exact) mass is 505 g/mol. The number of halogens is 1. The van der Waals surface area contributed by atoms with Crippen molar-refractivity contribution in [3.63, 3.8) is 0 Å². The van der Waals surface area contributed by atoms with Crippen molar-refractivity contribution in [1.82, 2.24) is 25.1 Å². The van der Waals surface area contributed by atoms with E-state index in [2.05, 4.69) is 15.6 Å². The maximum absolute atomic E-state index is 13.7. The first-order valence-corrected chi connectivity index (χ1v) is 12.5. The van der Waals surface area contributed by atoms with Crippen molar-refractivity contribution in [3.8, 4) is 0 Å². The molecule has 1 aliphatic carbocycles. The highest BCUT2D eigenvalue weighted by Gasteiger charge is 2.53. The predicted molar refractivity (Wildman–Crippen MR) is 136 cm³/mol. The van der Waals surface area contributed by atoms with Gasteiger partial charge < -0.3 is 20.1 Å². The summed E-state index contributed by atoms with van der Waals surface area (Å²) in [4.78, 5) is 46.0. The highest BCUT2D eigenvalue weighted by Crippen LogP contribution is 2.38. The third-order valence-electron chi connectivity index (χ3n) is 6.79. The number of rotatable bonds is 8. The molecule has 5 rings (SSSR count). The van der Waals surface area contributed by atoms with Gasteiger partial charge in [-0.05, 0) is 49.4 Å². The van der Waals surface area contributed by atoms with Crippen LogP contribution in [0.5, 0.6) is 0 Å². The van der Waals surface area contributed by atoms with Crippen molar-refractivity contribution in [3.05, 3.63) is 88.5 Å². The van der Waals surface area contributed by atoms with Crippen molar-refractivity contribution in [2.75, 3.05) is 6.54 Å². The van der Waals surface area contributed by atoms with Crippen LogP contribution in [0.25, 0.3) is 0 Å². The number of imidazole rings is 1. The lowest BCUT2D eigenvalue weighted by molar-refractivity contribution is -0.133. The van der Waals surface area contributed by atoms with Crippen molar-refractivity contribution in [2.24, 2.45) is 0 Å². The molecule has 1 aliphatic heterocycles. The molecule has 2 aromatic carbocycles. The molecule has 1 fully saturated rings. The molecule has 0 spiro atoms. The van der Waals surface area contributed by atoms with E-state index in [1.165, 1.54) is 6.33 Å². The fourth-order valence-corrected chi connectivity index (χ4v) is 4.87. The number of fused-ring (bicyclic) bond motifs is 1. The van der Waals surface area contributed by atoms with Crippen LogP contribution in [0.1, 0.15) is 51.9 Å². The van der Waals surface area contributed by atoms with Gasteiger partial charge in [0.1, 0.15) is 11.2 Å². The first kappa shape index (κ1) is 24.1. The molecular weight excluding hydrogens is 478 g/mol. The van der Waals surface area contributed by atoms with Gasteiger partial charge in [0.05, 0.1) is 12.9 Å². The standard InChI is InChI=1S/C27H28ClN5O3/c1-27(26(36)30-15-19-5-3-2-4-6-19)16-32-17-31-22(23(32)25(35)33(27)21-11-12-21)24(34)29-14-13-18-7-9-20(28)10-8-18/h2-10,17,21H,11-16H2,1H3,(H,29,34)(H,30,36)/t27-/m1/s1. The smallest absolute Gasteiger partial charge is 0.274 e. The summed E-state index contributed by atoms with van der Waals surface area (Å²) in [7, 11) is 0. The molecule has 0 bridgehead atoms. The van der Waals surface area contributed by atoms with Gasteiger partial charge in [-0.1, -0.05) is 54.1 Å². The van der Waals surface area contributed by atoms with E-state index in [0.717, 1.165) is 24.0 Å². The molecule has 1 aromatic heterocycles. The number of hydrogen-bond donors (Lipinski definition) is 2. The lowest BCUT2D eigenvalue weighted by Crippen LogP contribution is -2.64. The Morgan fingerprint density at radius 3 is 2.47 bits per heavy atom. The van der Waals surface area contributed by atoms with E-state index >= 15 is 0 Å². The zero-order valence-corrected chi connectivity index (χ0v) is 20.8.